The van der Waals surface area contributed by atoms with Crippen molar-refractivity contribution in [3.8, 4) is 11.9 Å². The smallest absolute Gasteiger partial charge is 0.411 e. The van der Waals surface area contributed by atoms with Crippen molar-refractivity contribution >= 4 is 29.0 Å². The van der Waals surface area contributed by atoms with Crippen LogP contribution in [-0.2, 0) is 14.3 Å². The number of benzene rings is 1. The second-order valence-corrected chi connectivity index (χ2v) is 8.37. The molecule has 0 radical (unpaired) electrons. The fourth-order valence-electron chi connectivity index (χ4n) is 3.43. The number of likely N-dealkylation sites (tertiary alicyclic amines) is 1. The summed E-state index contributed by atoms with van der Waals surface area (Å²) in [5.41, 5.74) is 0.826. The van der Waals surface area contributed by atoms with Crippen LogP contribution in [0, 0.1) is 0 Å². The molecule has 172 valence electrons. The molecule has 0 N–H and O–H groups in total. The van der Waals surface area contributed by atoms with Crippen molar-refractivity contribution in [1.82, 2.24) is 14.9 Å². The van der Waals surface area contributed by atoms with Crippen LogP contribution < -0.4 is 9.47 Å². The largest absolute Gasteiger partial charge is 0.472 e. The first-order valence-corrected chi connectivity index (χ1v) is 10.5. The number of aromatic nitrogens is 2. The molecular formula is C23H29N3O6. The van der Waals surface area contributed by atoms with Crippen LogP contribution in [0.3, 0.4) is 0 Å². The van der Waals surface area contributed by atoms with Gasteiger partial charge < -0.3 is 18.9 Å². The van der Waals surface area contributed by atoms with Gasteiger partial charge in [0.25, 0.3) is 0 Å². The van der Waals surface area contributed by atoms with Crippen LogP contribution in [0.1, 0.15) is 39.7 Å². The maximum atomic E-state index is 12.7. The predicted octanol–water partition coefficient (Wildman–Crippen LogP) is 3.60. The average Bonchev–Trinajstić information content (AvgIpc) is 3.16. The Morgan fingerprint density at radius 1 is 1.28 bits per heavy atom. The van der Waals surface area contributed by atoms with E-state index in [9.17, 15) is 9.59 Å². The lowest BCUT2D eigenvalue weighted by molar-refractivity contribution is -0.145. The fourth-order valence-corrected chi connectivity index (χ4v) is 3.43. The van der Waals surface area contributed by atoms with Crippen molar-refractivity contribution in [2.45, 2.75) is 51.9 Å². The van der Waals surface area contributed by atoms with Gasteiger partial charge in [-0.3, -0.25) is 4.90 Å². The van der Waals surface area contributed by atoms with E-state index in [4.69, 9.17) is 18.9 Å². The lowest BCUT2D eigenvalue weighted by Crippen LogP contribution is -2.44. The average molecular weight is 444 g/mol. The minimum Gasteiger partial charge on any atom is -0.472 e. The molecule has 9 heteroatoms. The first-order valence-electron chi connectivity index (χ1n) is 10.5. The maximum Gasteiger partial charge on any atom is 0.411 e. The Bertz CT molecular complexity index is 1020. The number of amides is 1. The molecule has 0 spiro atoms. The van der Waals surface area contributed by atoms with Crippen LogP contribution in [0.25, 0.3) is 17.0 Å². The minimum absolute atomic E-state index is 0.144. The monoisotopic (exact) mass is 443 g/mol. The van der Waals surface area contributed by atoms with E-state index in [1.165, 1.54) is 12.0 Å². The third-order valence-electron chi connectivity index (χ3n) is 4.82. The fraction of sp³-hybridized carbons (Fsp3) is 0.478. The number of hydrogen-bond acceptors (Lipinski definition) is 8. The molecule has 1 aromatic heterocycles. The van der Waals surface area contributed by atoms with Crippen LogP contribution in [0.4, 0.5) is 4.79 Å². The van der Waals surface area contributed by atoms with Crippen molar-refractivity contribution in [2.75, 3.05) is 20.3 Å². The summed E-state index contributed by atoms with van der Waals surface area (Å²) in [5.74, 6) is -0.222. The topological polar surface area (TPSA) is 100 Å². The molecule has 1 fully saturated rings. The van der Waals surface area contributed by atoms with Gasteiger partial charge in [-0.15, -0.1) is 0 Å². The van der Waals surface area contributed by atoms with Crippen molar-refractivity contribution < 1.29 is 28.5 Å². The molecule has 0 bridgehead atoms. The Kier molecular flexibility index (Phi) is 6.86. The number of fused-ring (bicyclic) bond motifs is 1. The molecule has 1 aliphatic heterocycles. The summed E-state index contributed by atoms with van der Waals surface area (Å²) in [6.07, 6.45) is 0.844. The Balaban J connectivity index is 1.92. The SMILES string of the molecule is C=Cc1ccc2nc(OCC)nc(O[C@@H]3C[C@@H](C(=O)OC)N(C(=O)OC(C)(C)C)C3)c2c1. The van der Waals surface area contributed by atoms with E-state index in [0.717, 1.165) is 5.56 Å². The number of hydrogen-bond donors (Lipinski definition) is 0. The van der Waals surface area contributed by atoms with Crippen LogP contribution in [0.2, 0.25) is 0 Å². The van der Waals surface area contributed by atoms with E-state index in [1.807, 2.05) is 25.1 Å². The Morgan fingerprint density at radius 3 is 2.66 bits per heavy atom. The van der Waals surface area contributed by atoms with Crippen molar-refractivity contribution in [3.05, 3.63) is 30.3 Å². The zero-order valence-electron chi connectivity index (χ0n) is 19.1. The summed E-state index contributed by atoms with van der Waals surface area (Å²) in [5, 5.41) is 0.677. The van der Waals surface area contributed by atoms with E-state index < -0.39 is 29.8 Å². The molecule has 1 aliphatic rings. The first kappa shape index (κ1) is 23.3. The molecule has 0 aliphatic carbocycles. The standard InChI is InChI=1S/C23H29N3O6/c1-7-14-9-10-17-16(11-14)19(25-21(24-17)30-8-2)31-15-12-18(20(27)29-6)26(13-15)22(28)32-23(3,4)5/h7,9-11,15,18H,1,8,12-13H2,2-6H3/t15-,18+/m1/s1. The summed E-state index contributed by atoms with van der Waals surface area (Å²) >= 11 is 0. The number of methoxy groups -OCH3 is 1. The second-order valence-electron chi connectivity index (χ2n) is 8.37. The summed E-state index contributed by atoms with van der Waals surface area (Å²) in [4.78, 5) is 35.2. The molecular weight excluding hydrogens is 414 g/mol. The molecule has 1 amide bonds. The summed E-state index contributed by atoms with van der Waals surface area (Å²) in [6.45, 7) is 11.5. The number of ether oxygens (including phenoxy) is 4. The Labute approximate surface area is 187 Å². The van der Waals surface area contributed by atoms with Crippen molar-refractivity contribution in [2.24, 2.45) is 0 Å². The first-order chi connectivity index (χ1) is 15.1. The zero-order valence-corrected chi connectivity index (χ0v) is 19.1. The van der Waals surface area contributed by atoms with Gasteiger partial charge in [0.05, 0.1) is 31.2 Å². The predicted molar refractivity (Wildman–Crippen MR) is 119 cm³/mol. The number of nitrogens with zero attached hydrogens (tertiary/aromatic N) is 3. The van der Waals surface area contributed by atoms with Gasteiger partial charge in [0, 0.05) is 6.42 Å². The van der Waals surface area contributed by atoms with Gasteiger partial charge in [-0.2, -0.15) is 9.97 Å². The second kappa shape index (κ2) is 9.42. The van der Waals surface area contributed by atoms with E-state index in [1.54, 1.807) is 26.8 Å². The third-order valence-corrected chi connectivity index (χ3v) is 4.82. The lowest BCUT2D eigenvalue weighted by atomic mass is 10.1. The van der Waals surface area contributed by atoms with Crippen LogP contribution in [0.15, 0.2) is 24.8 Å². The van der Waals surface area contributed by atoms with Gasteiger partial charge in [-0.1, -0.05) is 18.7 Å². The molecule has 32 heavy (non-hydrogen) atoms. The number of carbonyl (C=O) groups excluding carboxylic acids is 2. The van der Waals surface area contributed by atoms with Crippen molar-refractivity contribution in [1.29, 1.82) is 0 Å². The van der Waals surface area contributed by atoms with Gasteiger partial charge in [-0.25, -0.2) is 9.59 Å². The third kappa shape index (κ3) is 5.27. The molecule has 0 saturated carbocycles. The number of rotatable bonds is 6. The van der Waals surface area contributed by atoms with Crippen LogP contribution in [-0.4, -0.2) is 64.9 Å². The highest BCUT2D eigenvalue weighted by Gasteiger charge is 2.43. The highest BCUT2D eigenvalue weighted by atomic mass is 16.6. The van der Waals surface area contributed by atoms with Gasteiger partial charge in [0.15, 0.2) is 0 Å². The van der Waals surface area contributed by atoms with Crippen LogP contribution in [0.5, 0.6) is 11.9 Å². The van der Waals surface area contributed by atoms with E-state index in [0.29, 0.717) is 23.4 Å². The molecule has 1 saturated heterocycles. The maximum absolute atomic E-state index is 12.7. The molecule has 2 heterocycles. The van der Waals surface area contributed by atoms with E-state index in [2.05, 4.69) is 16.5 Å². The Morgan fingerprint density at radius 2 is 2.03 bits per heavy atom. The molecule has 1 aromatic carbocycles. The Hall–Kier alpha value is -3.36. The lowest BCUT2D eigenvalue weighted by Gasteiger charge is -2.27. The summed E-state index contributed by atoms with van der Waals surface area (Å²) in [7, 11) is 1.28. The molecule has 2 atom stereocenters. The molecule has 9 nitrogen and oxygen atoms in total. The van der Waals surface area contributed by atoms with Gasteiger partial charge in [0.1, 0.15) is 17.7 Å². The van der Waals surface area contributed by atoms with E-state index >= 15 is 0 Å². The zero-order chi connectivity index (χ0) is 23.5. The molecule has 2 aromatic rings. The van der Waals surface area contributed by atoms with Crippen molar-refractivity contribution in [3.63, 3.8) is 0 Å². The molecule has 3 rings (SSSR count). The minimum atomic E-state index is -0.817. The van der Waals surface area contributed by atoms with Gasteiger partial charge >= 0.3 is 18.1 Å². The van der Waals surface area contributed by atoms with Gasteiger partial charge in [0.2, 0.25) is 5.88 Å². The van der Waals surface area contributed by atoms with E-state index in [-0.39, 0.29) is 19.0 Å². The quantitative estimate of drug-likeness (QED) is 0.625. The molecule has 0 unspecified atom stereocenters. The highest BCUT2D eigenvalue weighted by Crippen LogP contribution is 2.31. The summed E-state index contributed by atoms with van der Waals surface area (Å²) < 4.78 is 22.0. The normalized spacial score (nSPS) is 18.3. The summed E-state index contributed by atoms with van der Waals surface area (Å²) in [6, 6.07) is 4.96. The van der Waals surface area contributed by atoms with Gasteiger partial charge in [-0.05, 0) is 45.4 Å². The number of carbonyl (C=O) groups is 2. The number of esters is 1. The van der Waals surface area contributed by atoms with Crippen LogP contribution >= 0.6 is 0 Å². The highest BCUT2D eigenvalue weighted by molar-refractivity contribution is 5.86.